The molecule has 144 valence electrons. The highest BCUT2D eigenvalue weighted by Crippen LogP contribution is 2.28. The van der Waals surface area contributed by atoms with Gasteiger partial charge in [-0.2, -0.15) is 10.2 Å². The molecule has 7 nitrogen and oxygen atoms in total. The highest BCUT2D eigenvalue weighted by Gasteiger charge is 2.20. The van der Waals surface area contributed by atoms with Crippen LogP contribution in [0.3, 0.4) is 0 Å². The molecule has 0 saturated carbocycles. The van der Waals surface area contributed by atoms with E-state index >= 15 is 0 Å². The number of hydrogen-bond acceptors (Lipinski definition) is 7. The number of nitrogens with one attached hydrogen (secondary N) is 1. The molecule has 1 unspecified atom stereocenters. The van der Waals surface area contributed by atoms with Crippen molar-refractivity contribution in [2.45, 2.75) is 25.6 Å². The maximum Gasteiger partial charge on any atom is 0.266 e. The number of rotatable bonds is 7. The summed E-state index contributed by atoms with van der Waals surface area (Å²) in [5.41, 5.74) is 0.184. The van der Waals surface area contributed by atoms with E-state index < -0.39 is 0 Å². The number of anilines is 1. The Hall–Kier alpha value is -2.95. The van der Waals surface area contributed by atoms with Crippen LogP contribution in [0.5, 0.6) is 5.75 Å². The van der Waals surface area contributed by atoms with E-state index in [4.69, 9.17) is 29.9 Å². The third-order valence-corrected chi connectivity index (χ3v) is 4.57. The highest BCUT2D eigenvalue weighted by molar-refractivity contribution is 6.30. The molecule has 3 heterocycles. The molecule has 1 atom stereocenters. The predicted octanol–water partition coefficient (Wildman–Crippen LogP) is 4.63. The Labute approximate surface area is 166 Å². The van der Waals surface area contributed by atoms with Gasteiger partial charge < -0.3 is 23.6 Å². The molecule has 3 aromatic rings. The monoisotopic (exact) mass is 399 g/mol. The summed E-state index contributed by atoms with van der Waals surface area (Å²) >= 11 is 5.86. The van der Waals surface area contributed by atoms with Gasteiger partial charge in [-0.05, 0) is 49.2 Å². The second-order valence-corrected chi connectivity index (χ2v) is 6.77. The SMILES string of the molecule is N#Cc1nc(-c2ccc(COc3ccc(Cl)cc3)o2)oc1NCC1CCCO1. The minimum Gasteiger partial charge on any atom is -0.486 e. The Balaban J connectivity index is 1.41. The van der Waals surface area contributed by atoms with Gasteiger partial charge in [0.05, 0.1) is 6.10 Å². The summed E-state index contributed by atoms with van der Waals surface area (Å²) in [5.74, 6) is 2.28. The van der Waals surface area contributed by atoms with Gasteiger partial charge >= 0.3 is 0 Å². The van der Waals surface area contributed by atoms with Crippen molar-refractivity contribution >= 4 is 17.5 Å². The van der Waals surface area contributed by atoms with Crippen molar-refractivity contribution in [3.8, 4) is 23.5 Å². The fourth-order valence-corrected chi connectivity index (χ4v) is 3.01. The maximum absolute atomic E-state index is 9.30. The van der Waals surface area contributed by atoms with E-state index in [-0.39, 0.29) is 24.3 Å². The Morgan fingerprint density at radius 1 is 1.21 bits per heavy atom. The van der Waals surface area contributed by atoms with Crippen molar-refractivity contribution in [3.63, 3.8) is 0 Å². The molecular weight excluding hydrogens is 382 g/mol. The summed E-state index contributed by atoms with van der Waals surface area (Å²) in [6.07, 6.45) is 2.16. The molecule has 0 bridgehead atoms. The van der Waals surface area contributed by atoms with E-state index in [1.54, 1.807) is 36.4 Å². The van der Waals surface area contributed by atoms with Crippen molar-refractivity contribution in [1.29, 1.82) is 5.26 Å². The van der Waals surface area contributed by atoms with Crippen LogP contribution in [-0.2, 0) is 11.3 Å². The Bertz CT molecular complexity index is 968. The van der Waals surface area contributed by atoms with E-state index in [2.05, 4.69) is 10.3 Å². The fourth-order valence-electron chi connectivity index (χ4n) is 2.89. The first-order valence-electron chi connectivity index (χ1n) is 8.95. The third-order valence-electron chi connectivity index (χ3n) is 4.31. The summed E-state index contributed by atoms with van der Waals surface area (Å²) in [6, 6.07) is 12.6. The molecule has 4 rings (SSSR count). The molecule has 0 spiro atoms. The van der Waals surface area contributed by atoms with Gasteiger partial charge in [-0.3, -0.25) is 0 Å². The Kier molecular flexibility index (Phi) is 5.51. The number of benzene rings is 1. The normalized spacial score (nSPS) is 16.1. The van der Waals surface area contributed by atoms with Crippen LogP contribution >= 0.6 is 11.6 Å². The quantitative estimate of drug-likeness (QED) is 0.618. The average Bonchev–Trinajstić information content (AvgIpc) is 3.45. The first-order chi connectivity index (χ1) is 13.7. The number of aromatic nitrogens is 1. The number of nitriles is 1. The lowest BCUT2D eigenvalue weighted by atomic mass is 10.2. The van der Waals surface area contributed by atoms with Gasteiger partial charge in [-0.15, -0.1) is 0 Å². The molecule has 8 heteroatoms. The van der Waals surface area contributed by atoms with E-state index in [1.165, 1.54) is 0 Å². The lowest BCUT2D eigenvalue weighted by molar-refractivity contribution is 0.120. The van der Waals surface area contributed by atoms with Crippen molar-refractivity contribution in [2.24, 2.45) is 0 Å². The van der Waals surface area contributed by atoms with Gasteiger partial charge in [-0.25, -0.2) is 0 Å². The number of nitrogens with zero attached hydrogens (tertiary/aromatic N) is 2. The summed E-state index contributed by atoms with van der Waals surface area (Å²) in [7, 11) is 0. The summed E-state index contributed by atoms with van der Waals surface area (Å²) in [5, 5.41) is 13.0. The zero-order valence-corrected chi connectivity index (χ0v) is 15.7. The van der Waals surface area contributed by atoms with Crippen LogP contribution in [0.4, 0.5) is 5.88 Å². The van der Waals surface area contributed by atoms with E-state index in [1.807, 2.05) is 6.07 Å². The van der Waals surface area contributed by atoms with Gasteiger partial charge in [0.25, 0.3) is 5.89 Å². The van der Waals surface area contributed by atoms with E-state index in [0.29, 0.717) is 34.7 Å². The first kappa shape index (κ1) is 18.4. The molecule has 1 aromatic carbocycles. The van der Waals surface area contributed by atoms with Crippen LogP contribution in [0.15, 0.2) is 45.2 Å². The minimum absolute atomic E-state index is 0.125. The molecular formula is C20H18ClN3O4. The molecule has 1 fully saturated rings. The predicted molar refractivity (Wildman–Crippen MR) is 102 cm³/mol. The van der Waals surface area contributed by atoms with Crippen molar-refractivity contribution < 1.29 is 18.3 Å². The zero-order valence-electron chi connectivity index (χ0n) is 15.0. The standard InChI is InChI=1S/C20H18ClN3O4/c21-13-3-5-14(6-4-13)26-12-16-7-8-18(27-16)20-24-17(10-22)19(28-20)23-11-15-2-1-9-25-15/h3-8,15,23H,1-2,9,11-12H2. The number of ether oxygens (including phenoxy) is 2. The maximum atomic E-state index is 9.30. The zero-order chi connectivity index (χ0) is 19.3. The Morgan fingerprint density at radius 2 is 2.07 bits per heavy atom. The molecule has 1 N–H and O–H groups in total. The van der Waals surface area contributed by atoms with Crippen LogP contribution in [-0.4, -0.2) is 24.2 Å². The first-order valence-corrected chi connectivity index (χ1v) is 9.33. The molecule has 1 saturated heterocycles. The van der Waals surface area contributed by atoms with Gasteiger partial charge in [0, 0.05) is 18.2 Å². The minimum atomic E-state index is 0.125. The Morgan fingerprint density at radius 3 is 2.82 bits per heavy atom. The second-order valence-electron chi connectivity index (χ2n) is 6.33. The summed E-state index contributed by atoms with van der Waals surface area (Å²) < 4.78 is 22.7. The van der Waals surface area contributed by atoms with Crippen LogP contribution in [0, 0.1) is 11.3 Å². The topological polar surface area (TPSA) is 93.5 Å². The summed E-state index contributed by atoms with van der Waals surface area (Å²) in [6.45, 7) is 1.59. The smallest absolute Gasteiger partial charge is 0.266 e. The molecule has 1 aliphatic heterocycles. The van der Waals surface area contributed by atoms with Crippen molar-refractivity contribution in [1.82, 2.24) is 4.98 Å². The van der Waals surface area contributed by atoms with Crippen LogP contribution < -0.4 is 10.1 Å². The van der Waals surface area contributed by atoms with E-state index in [9.17, 15) is 5.26 Å². The lowest BCUT2D eigenvalue weighted by Crippen LogP contribution is -2.18. The molecule has 2 aromatic heterocycles. The van der Waals surface area contributed by atoms with Gasteiger partial charge in [0.2, 0.25) is 11.6 Å². The van der Waals surface area contributed by atoms with Crippen molar-refractivity contribution in [3.05, 3.63) is 52.9 Å². The van der Waals surface area contributed by atoms with Crippen molar-refractivity contribution in [2.75, 3.05) is 18.5 Å². The van der Waals surface area contributed by atoms with Gasteiger partial charge in [0.15, 0.2) is 5.76 Å². The third kappa shape index (κ3) is 4.30. The average molecular weight is 400 g/mol. The number of halogens is 1. The highest BCUT2D eigenvalue weighted by atomic mass is 35.5. The molecule has 28 heavy (non-hydrogen) atoms. The van der Waals surface area contributed by atoms with Crippen LogP contribution in [0.2, 0.25) is 5.02 Å². The largest absolute Gasteiger partial charge is 0.486 e. The molecule has 0 radical (unpaired) electrons. The number of furan rings is 1. The number of hydrogen-bond donors (Lipinski definition) is 1. The molecule has 0 amide bonds. The molecule has 1 aliphatic rings. The fraction of sp³-hybridized carbons (Fsp3) is 0.300. The van der Waals surface area contributed by atoms with Crippen LogP contribution in [0.1, 0.15) is 24.3 Å². The van der Waals surface area contributed by atoms with E-state index in [0.717, 1.165) is 19.4 Å². The van der Waals surface area contributed by atoms with Gasteiger partial charge in [0.1, 0.15) is 24.2 Å². The van der Waals surface area contributed by atoms with Gasteiger partial charge in [-0.1, -0.05) is 11.6 Å². The number of oxazole rings is 1. The second kappa shape index (κ2) is 8.38. The molecule has 0 aliphatic carbocycles. The summed E-state index contributed by atoms with van der Waals surface area (Å²) in [4.78, 5) is 4.21. The lowest BCUT2D eigenvalue weighted by Gasteiger charge is -2.09. The van der Waals surface area contributed by atoms with Crippen LogP contribution in [0.25, 0.3) is 11.7 Å².